The second-order valence-electron chi connectivity index (χ2n) is 4.45. The van der Waals surface area contributed by atoms with E-state index >= 15 is 0 Å². The molecular weight excluding hydrogens is 178 g/mol. The summed E-state index contributed by atoms with van der Waals surface area (Å²) in [6, 6.07) is 0.658. The fraction of sp³-hybridized carbons (Fsp3) is 0.900. The minimum absolute atomic E-state index is 0.132. The predicted molar refractivity (Wildman–Crippen MR) is 56.6 cm³/mol. The molecule has 1 aliphatic rings. The summed E-state index contributed by atoms with van der Waals surface area (Å²) in [6.07, 6.45) is 1.57. The Morgan fingerprint density at radius 1 is 1.57 bits per heavy atom. The topological polar surface area (TPSA) is 72.3 Å². The van der Waals surface area contributed by atoms with Gasteiger partial charge in [0.15, 0.2) is 0 Å². The third kappa shape index (κ3) is 2.69. The molecule has 3 unspecified atom stereocenters. The second-order valence-corrected chi connectivity index (χ2v) is 4.45. The number of primary amides is 1. The number of amides is 1. The van der Waals surface area contributed by atoms with Gasteiger partial charge in [-0.3, -0.25) is 9.69 Å². The summed E-state index contributed by atoms with van der Waals surface area (Å²) >= 11 is 0. The minimum atomic E-state index is -0.257. The van der Waals surface area contributed by atoms with E-state index < -0.39 is 0 Å². The zero-order valence-corrected chi connectivity index (χ0v) is 9.07. The molecule has 0 saturated carbocycles. The van der Waals surface area contributed by atoms with Crippen molar-refractivity contribution < 1.29 is 4.79 Å². The van der Waals surface area contributed by atoms with Gasteiger partial charge in [-0.25, -0.2) is 0 Å². The van der Waals surface area contributed by atoms with Crippen LogP contribution < -0.4 is 11.5 Å². The van der Waals surface area contributed by atoms with Crippen molar-refractivity contribution in [3.63, 3.8) is 0 Å². The van der Waals surface area contributed by atoms with Crippen molar-refractivity contribution in [2.75, 3.05) is 13.1 Å². The zero-order valence-electron chi connectivity index (χ0n) is 9.07. The summed E-state index contributed by atoms with van der Waals surface area (Å²) in [7, 11) is 0. The van der Waals surface area contributed by atoms with E-state index in [0.717, 1.165) is 6.54 Å². The van der Waals surface area contributed by atoms with Crippen molar-refractivity contribution in [2.24, 2.45) is 17.4 Å². The molecule has 4 heteroatoms. The monoisotopic (exact) mass is 199 g/mol. The highest BCUT2D eigenvalue weighted by atomic mass is 16.1. The standard InChI is InChI=1S/C10H21N3O/c1-7-3-8(2)13(6-7)9(5-11)4-10(12)14/h7-9H,3-6,11H2,1-2H3,(H2,12,14). The molecule has 1 fully saturated rings. The first-order valence-electron chi connectivity index (χ1n) is 5.28. The average Bonchev–Trinajstić information content (AvgIpc) is 2.41. The van der Waals surface area contributed by atoms with Crippen LogP contribution in [-0.4, -0.2) is 36.0 Å². The Bertz CT molecular complexity index is 208. The lowest BCUT2D eigenvalue weighted by Gasteiger charge is -2.29. The molecule has 1 rings (SSSR count). The van der Waals surface area contributed by atoms with Gasteiger partial charge in [0.25, 0.3) is 0 Å². The number of hydrogen-bond donors (Lipinski definition) is 2. The van der Waals surface area contributed by atoms with E-state index in [-0.39, 0.29) is 11.9 Å². The number of likely N-dealkylation sites (tertiary alicyclic amines) is 1. The van der Waals surface area contributed by atoms with Crippen molar-refractivity contribution in [2.45, 2.75) is 38.8 Å². The third-order valence-electron chi connectivity index (χ3n) is 3.01. The molecular formula is C10H21N3O. The van der Waals surface area contributed by atoms with Crippen molar-refractivity contribution >= 4 is 5.91 Å². The molecule has 14 heavy (non-hydrogen) atoms. The van der Waals surface area contributed by atoms with E-state index in [2.05, 4.69) is 18.7 Å². The van der Waals surface area contributed by atoms with Crippen molar-refractivity contribution in [1.82, 2.24) is 4.90 Å². The van der Waals surface area contributed by atoms with Crippen LogP contribution >= 0.6 is 0 Å². The normalized spacial score (nSPS) is 30.5. The summed E-state index contributed by atoms with van der Waals surface area (Å²) in [5, 5.41) is 0. The molecule has 4 nitrogen and oxygen atoms in total. The molecule has 0 spiro atoms. The van der Waals surface area contributed by atoms with Gasteiger partial charge < -0.3 is 11.5 Å². The van der Waals surface area contributed by atoms with Crippen LogP contribution in [0.3, 0.4) is 0 Å². The quantitative estimate of drug-likeness (QED) is 0.665. The SMILES string of the molecule is CC1CC(C)N(C(CN)CC(N)=O)C1. The van der Waals surface area contributed by atoms with Gasteiger partial charge in [0.05, 0.1) is 0 Å². The fourth-order valence-electron chi connectivity index (χ4n) is 2.41. The van der Waals surface area contributed by atoms with Crippen LogP contribution in [0.1, 0.15) is 26.7 Å². The Morgan fingerprint density at radius 3 is 2.57 bits per heavy atom. The highest BCUT2D eigenvalue weighted by Gasteiger charge is 2.31. The van der Waals surface area contributed by atoms with Gasteiger partial charge in [0.1, 0.15) is 0 Å². The van der Waals surface area contributed by atoms with Gasteiger partial charge in [-0.15, -0.1) is 0 Å². The number of carbonyl (C=O) groups excluding carboxylic acids is 1. The highest BCUT2D eigenvalue weighted by molar-refractivity contribution is 5.74. The summed E-state index contributed by atoms with van der Waals surface area (Å²) in [4.78, 5) is 13.2. The molecule has 0 bridgehead atoms. The molecule has 1 heterocycles. The zero-order chi connectivity index (χ0) is 10.7. The third-order valence-corrected chi connectivity index (χ3v) is 3.01. The lowest BCUT2D eigenvalue weighted by atomic mass is 10.1. The Hall–Kier alpha value is -0.610. The molecule has 1 aliphatic heterocycles. The maximum Gasteiger partial charge on any atom is 0.219 e. The van der Waals surface area contributed by atoms with Crippen LogP contribution in [-0.2, 0) is 4.79 Å². The smallest absolute Gasteiger partial charge is 0.219 e. The molecule has 4 N–H and O–H groups in total. The summed E-state index contributed by atoms with van der Waals surface area (Å²) in [6.45, 7) is 5.97. The Morgan fingerprint density at radius 2 is 2.21 bits per heavy atom. The van der Waals surface area contributed by atoms with Crippen molar-refractivity contribution in [3.05, 3.63) is 0 Å². The first-order chi connectivity index (χ1) is 6.54. The Kier molecular flexibility index (Phi) is 3.89. The first-order valence-corrected chi connectivity index (χ1v) is 5.28. The molecule has 0 aromatic rings. The van der Waals surface area contributed by atoms with Crippen LogP contribution in [0.2, 0.25) is 0 Å². The van der Waals surface area contributed by atoms with Gasteiger partial charge >= 0.3 is 0 Å². The lowest BCUT2D eigenvalue weighted by Crippen LogP contribution is -2.44. The first kappa shape index (κ1) is 11.5. The van der Waals surface area contributed by atoms with E-state index in [1.807, 2.05) is 0 Å². The van der Waals surface area contributed by atoms with Crippen LogP contribution in [0, 0.1) is 5.92 Å². The molecule has 1 amide bonds. The van der Waals surface area contributed by atoms with Crippen LogP contribution in [0.4, 0.5) is 0 Å². The van der Waals surface area contributed by atoms with E-state index in [1.54, 1.807) is 0 Å². The second kappa shape index (κ2) is 4.75. The van der Waals surface area contributed by atoms with E-state index in [4.69, 9.17) is 11.5 Å². The maximum atomic E-state index is 10.9. The van der Waals surface area contributed by atoms with Gasteiger partial charge in [-0.1, -0.05) is 6.92 Å². The predicted octanol–water partition coefficient (Wildman–Crippen LogP) is -0.0806. The number of carbonyl (C=O) groups is 1. The van der Waals surface area contributed by atoms with Gasteiger partial charge in [0, 0.05) is 31.6 Å². The number of rotatable bonds is 4. The van der Waals surface area contributed by atoms with Crippen LogP contribution in [0.25, 0.3) is 0 Å². The molecule has 1 saturated heterocycles. The van der Waals surface area contributed by atoms with E-state index in [9.17, 15) is 4.79 Å². The molecule has 0 radical (unpaired) electrons. The molecule has 0 aromatic carbocycles. The molecule has 3 atom stereocenters. The van der Waals surface area contributed by atoms with Crippen LogP contribution in [0.15, 0.2) is 0 Å². The number of nitrogens with zero attached hydrogens (tertiary/aromatic N) is 1. The average molecular weight is 199 g/mol. The van der Waals surface area contributed by atoms with Crippen molar-refractivity contribution in [1.29, 1.82) is 0 Å². The van der Waals surface area contributed by atoms with Gasteiger partial charge in [0.2, 0.25) is 5.91 Å². The summed E-state index contributed by atoms with van der Waals surface area (Å²) < 4.78 is 0. The van der Waals surface area contributed by atoms with Gasteiger partial charge in [-0.2, -0.15) is 0 Å². The summed E-state index contributed by atoms with van der Waals surface area (Å²) in [5.41, 5.74) is 10.9. The molecule has 0 aromatic heterocycles. The largest absolute Gasteiger partial charge is 0.370 e. The van der Waals surface area contributed by atoms with E-state index in [0.29, 0.717) is 24.9 Å². The Labute approximate surface area is 85.6 Å². The maximum absolute atomic E-state index is 10.9. The van der Waals surface area contributed by atoms with Crippen LogP contribution in [0.5, 0.6) is 0 Å². The molecule has 0 aliphatic carbocycles. The van der Waals surface area contributed by atoms with E-state index in [1.165, 1.54) is 6.42 Å². The molecule has 82 valence electrons. The van der Waals surface area contributed by atoms with Crippen molar-refractivity contribution in [3.8, 4) is 0 Å². The minimum Gasteiger partial charge on any atom is -0.370 e. The lowest BCUT2D eigenvalue weighted by molar-refractivity contribution is -0.119. The number of nitrogens with two attached hydrogens (primary N) is 2. The number of hydrogen-bond acceptors (Lipinski definition) is 3. The Balaban J connectivity index is 2.55. The van der Waals surface area contributed by atoms with Gasteiger partial charge in [-0.05, 0) is 19.3 Å². The fourth-order valence-corrected chi connectivity index (χ4v) is 2.41. The summed E-state index contributed by atoms with van der Waals surface area (Å²) in [5.74, 6) is 0.444. The highest BCUT2D eigenvalue weighted by Crippen LogP contribution is 2.25.